The highest BCUT2D eigenvalue weighted by Crippen LogP contribution is 2.42. The molecule has 0 bridgehead atoms. The molecule has 1 saturated carbocycles. The predicted octanol–water partition coefficient (Wildman–Crippen LogP) is 2.25. The van der Waals surface area contributed by atoms with Crippen LogP contribution in [0.5, 0.6) is 0 Å². The van der Waals surface area contributed by atoms with Gasteiger partial charge in [-0.25, -0.2) is 0 Å². The number of nitrogens with one attached hydrogen (secondary N) is 3. The summed E-state index contributed by atoms with van der Waals surface area (Å²) < 4.78 is 5.66. The van der Waals surface area contributed by atoms with Crippen molar-refractivity contribution in [3.63, 3.8) is 0 Å². The van der Waals surface area contributed by atoms with E-state index in [0.717, 1.165) is 37.3 Å². The molecular formula is C16H18ClN5O2. The Kier molecular flexibility index (Phi) is 4.22. The van der Waals surface area contributed by atoms with E-state index in [9.17, 15) is 4.79 Å². The van der Waals surface area contributed by atoms with Gasteiger partial charge in [-0.15, -0.1) is 0 Å². The van der Waals surface area contributed by atoms with Crippen molar-refractivity contribution < 1.29 is 9.53 Å². The lowest BCUT2D eigenvalue weighted by Crippen LogP contribution is -2.33. The largest absolute Gasteiger partial charge is 0.369 e. The first-order valence-corrected chi connectivity index (χ1v) is 8.43. The zero-order valence-corrected chi connectivity index (χ0v) is 13.8. The number of rotatable bonds is 4. The number of morpholine rings is 1. The molecule has 3 N–H and O–H groups in total. The Morgan fingerprint density at radius 3 is 2.92 bits per heavy atom. The third-order valence-corrected chi connectivity index (χ3v) is 4.62. The lowest BCUT2D eigenvalue weighted by molar-refractivity contribution is 0.0250. The molecule has 1 atom stereocenters. The van der Waals surface area contributed by atoms with Crippen molar-refractivity contribution in [2.75, 3.05) is 25.0 Å². The number of aromatic amines is 1. The van der Waals surface area contributed by atoms with Crippen LogP contribution in [0.3, 0.4) is 0 Å². The third kappa shape index (κ3) is 3.15. The molecule has 1 aliphatic carbocycles. The second-order valence-electron chi connectivity index (χ2n) is 6.06. The molecule has 8 heteroatoms. The number of aromatic nitrogens is 3. The Labute approximate surface area is 144 Å². The topological polar surface area (TPSA) is 91.9 Å². The summed E-state index contributed by atoms with van der Waals surface area (Å²) in [6, 6.07) is 3.66. The van der Waals surface area contributed by atoms with Gasteiger partial charge in [0, 0.05) is 19.0 Å². The Hall–Kier alpha value is -1.96. The van der Waals surface area contributed by atoms with Crippen molar-refractivity contribution in [1.29, 1.82) is 0 Å². The van der Waals surface area contributed by atoms with E-state index in [-0.39, 0.29) is 17.7 Å². The fourth-order valence-corrected chi connectivity index (χ4v) is 3.07. The zero-order valence-electron chi connectivity index (χ0n) is 13.0. The molecule has 126 valence electrons. The molecule has 1 saturated heterocycles. The maximum atomic E-state index is 12.3. The quantitative estimate of drug-likeness (QED) is 0.789. The summed E-state index contributed by atoms with van der Waals surface area (Å²) >= 11 is 6.25. The summed E-state index contributed by atoms with van der Waals surface area (Å²) in [5.74, 6) is 0.0740. The van der Waals surface area contributed by atoms with E-state index in [1.807, 2.05) is 6.07 Å². The Morgan fingerprint density at radius 1 is 1.38 bits per heavy atom. The van der Waals surface area contributed by atoms with Gasteiger partial charge in [-0.05, 0) is 25.0 Å². The number of hydrogen-bond acceptors (Lipinski definition) is 5. The molecular weight excluding hydrogens is 330 g/mol. The van der Waals surface area contributed by atoms with Crippen LogP contribution in [-0.2, 0) is 4.74 Å². The lowest BCUT2D eigenvalue weighted by atomic mass is 10.2. The van der Waals surface area contributed by atoms with Crippen LogP contribution in [-0.4, -0.2) is 40.8 Å². The molecule has 7 nitrogen and oxygen atoms in total. The highest BCUT2D eigenvalue weighted by molar-refractivity contribution is 6.34. The maximum Gasteiger partial charge on any atom is 0.277 e. The van der Waals surface area contributed by atoms with E-state index in [1.165, 1.54) is 0 Å². The minimum atomic E-state index is -0.340. The molecule has 0 spiro atoms. The monoisotopic (exact) mass is 347 g/mol. The standard InChI is InChI=1S/C16H18ClN5O2/c17-13-14(9-1-2-9)21-22-15(13)16(23)20-10-3-4-11(19-7-10)12-8-18-5-6-24-12/h3-4,7,9,12,18H,1-2,5-6,8H2,(H,20,23)(H,21,22)/t12-/m1/s1. The van der Waals surface area contributed by atoms with E-state index >= 15 is 0 Å². The molecule has 2 aromatic rings. The number of pyridine rings is 1. The molecule has 0 aromatic carbocycles. The summed E-state index contributed by atoms with van der Waals surface area (Å²) in [6.45, 7) is 2.27. The van der Waals surface area contributed by atoms with Crippen LogP contribution in [0.25, 0.3) is 0 Å². The number of amides is 1. The van der Waals surface area contributed by atoms with Crippen molar-refractivity contribution in [2.24, 2.45) is 0 Å². The first-order chi connectivity index (χ1) is 11.7. The minimum Gasteiger partial charge on any atom is -0.369 e. The lowest BCUT2D eigenvalue weighted by Gasteiger charge is -2.23. The second-order valence-corrected chi connectivity index (χ2v) is 6.44. The van der Waals surface area contributed by atoms with Crippen molar-refractivity contribution >= 4 is 23.2 Å². The van der Waals surface area contributed by atoms with Crippen molar-refractivity contribution in [1.82, 2.24) is 20.5 Å². The normalized spacial score (nSPS) is 20.8. The molecule has 2 fully saturated rings. The van der Waals surface area contributed by atoms with Crippen LogP contribution in [0.15, 0.2) is 18.3 Å². The van der Waals surface area contributed by atoms with Gasteiger partial charge < -0.3 is 15.4 Å². The van der Waals surface area contributed by atoms with Crippen LogP contribution < -0.4 is 10.6 Å². The van der Waals surface area contributed by atoms with Crippen molar-refractivity contribution in [3.8, 4) is 0 Å². The van der Waals surface area contributed by atoms with E-state index in [1.54, 1.807) is 12.3 Å². The fourth-order valence-electron chi connectivity index (χ4n) is 2.75. The van der Waals surface area contributed by atoms with Gasteiger partial charge in [0.2, 0.25) is 0 Å². The van der Waals surface area contributed by atoms with Gasteiger partial charge in [0.1, 0.15) is 6.10 Å². The van der Waals surface area contributed by atoms with Gasteiger partial charge in [-0.2, -0.15) is 5.10 Å². The number of H-pyrrole nitrogens is 1. The summed E-state index contributed by atoms with van der Waals surface area (Å²) in [5.41, 5.74) is 2.52. The van der Waals surface area contributed by atoms with E-state index in [2.05, 4.69) is 25.8 Å². The van der Waals surface area contributed by atoms with Crippen LogP contribution in [0.1, 0.15) is 46.7 Å². The van der Waals surface area contributed by atoms with Crippen LogP contribution in [0, 0.1) is 0 Å². The fraction of sp³-hybridized carbons (Fsp3) is 0.438. The van der Waals surface area contributed by atoms with Gasteiger partial charge in [0.05, 0.1) is 34.9 Å². The Morgan fingerprint density at radius 2 is 2.25 bits per heavy atom. The van der Waals surface area contributed by atoms with Crippen molar-refractivity contribution in [2.45, 2.75) is 24.9 Å². The highest BCUT2D eigenvalue weighted by Gasteiger charge is 2.30. The Bertz CT molecular complexity index is 735. The molecule has 2 aliphatic rings. The number of hydrogen-bond donors (Lipinski definition) is 3. The molecule has 0 radical (unpaired) electrons. The zero-order chi connectivity index (χ0) is 16.5. The molecule has 4 rings (SSSR count). The first kappa shape index (κ1) is 15.6. The summed E-state index contributed by atoms with van der Waals surface area (Å²) in [6.07, 6.45) is 3.75. The Balaban J connectivity index is 1.43. The smallest absolute Gasteiger partial charge is 0.277 e. The van der Waals surface area contributed by atoms with Crippen LogP contribution in [0.2, 0.25) is 5.02 Å². The van der Waals surface area contributed by atoms with Gasteiger partial charge in [-0.3, -0.25) is 14.9 Å². The van der Waals surface area contributed by atoms with E-state index < -0.39 is 0 Å². The number of halogens is 1. The highest BCUT2D eigenvalue weighted by atomic mass is 35.5. The molecule has 3 heterocycles. The second kappa shape index (κ2) is 6.51. The van der Waals surface area contributed by atoms with Gasteiger partial charge in [-0.1, -0.05) is 11.6 Å². The number of carbonyl (C=O) groups is 1. The number of nitrogens with zero attached hydrogens (tertiary/aromatic N) is 2. The average molecular weight is 348 g/mol. The molecule has 0 unspecified atom stereocenters. The number of anilines is 1. The van der Waals surface area contributed by atoms with E-state index in [4.69, 9.17) is 16.3 Å². The minimum absolute atomic E-state index is 0.0506. The molecule has 2 aromatic heterocycles. The van der Waals surface area contributed by atoms with Crippen molar-refractivity contribution in [3.05, 3.63) is 40.4 Å². The molecule has 1 aliphatic heterocycles. The number of ether oxygens (including phenoxy) is 1. The SMILES string of the molecule is O=C(Nc1ccc([C@H]2CNCCO2)nc1)c1n[nH]c(C2CC2)c1Cl. The summed E-state index contributed by atoms with van der Waals surface area (Å²) in [5, 5.41) is 13.4. The summed E-state index contributed by atoms with van der Waals surface area (Å²) in [7, 11) is 0. The molecule has 1 amide bonds. The van der Waals surface area contributed by atoms with Gasteiger partial charge in [0.15, 0.2) is 5.69 Å². The molecule has 24 heavy (non-hydrogen) atoms. The van der Waals surface area contributed by atoms with Crippen LogP contribution in [0.4, 0.5) is 5.69 Å². The summed E-state index contributed by atoms with van der Waals surface area (Å²) in [4.78, 5) is 16.7. The number of carbonyl (C=O) groups excluding carboxylic acids is 1. The van der Waals surface area contributed by atoms with E-state index in [0.29, 0.717) is 23.2 Å². The van der Waals surface area contributed by atoms with Crippen LogP contribution >= 0.6 is 11.6 Å². The first-order valence-electron chi connectivity index (χ1n) is 8.06. The predicted molar refractivity (Wildman–Crippen MR) is 89.3 cm³/mol. The third-order valence-electron chi connectivity index (χ3n) is 4.23. The van der Waals surface area contributed by atoms with Gasteiger partial charge >= 0.3 is 0 Å². The average Bonchev–Trinajstić information content (AvgIpc) is 3.38. The van der Waals surface area contributed by atoms with Gasteiger partial charge in [0.25, 0.3) is 5.91 Å². The maximum absolute atomic E-state index is 12.3.